The molecule has 0 heterocycles. The standard InChI is InChI=1S/C57H41N/c1-3-4-7-20-39(2)56(40-21-8-5-9-22-40)50-29-16-15-28-47(50)49-37-42(34-36-54(49)56)58(41-23-10-6-11-24-41)43-33-35-48-46-27-14-19-32-53(46)57(55(48)38-43)51-30-17-12-25-44(51)45-26-13-18-31-52(45)57/h3-38H,2H2,1H3/b4-3-,20-7-. The third-order valence-electron chi connectivity index (χ3n) is 12.8. The van der Waals surface area contributed by atoms with Crippen LogP contribution in [0.1, 0.15) is 45.9 Å². The van der Waals surface area contributed by atoms with Crippen LogP contribution in [0.5, 0.6) is 0 Å². The van der Waals surface area contributed by atoms with Crippen molar-refractivity contribution in [1.82, 2.24) is 0 Å². The molecule has 0 aromatic heterocycles. The van der Waals surface area contributed by atoms with Gasteiger partial charge >= 0.3 is 0 Å². The Labute approximate surface area is 341 Å². The van der Waals surface area contributed by atoms with Gasteiger partial charge < -0.3 is 4.90 Å². The summed E-state index contributed by atoms with van der Waals surface area (Å²) < 4.78 is 0. The highest BCUT2D eigenvalue weighted by molar-refractivity contribution is 5.97. The third kappa shape index (κ3) is 4.59. The maximum atomic E-state index is 4.79. The number of fused-ring (bicyclic) bond motifs is 13. The van der Waals surface area contributed by atoms with Crippen molar-refractivity contribution in [2.75, 3.05) is 4.90 Å². The van der Waals surface area contributed by atoms with Gasteiger partial charge in [0, 0.05) is 17.1 Å². The van der Waals surface area contributed by atoms with Gasteiger partial charge in [0.25, 0.3) is 0 Å². The van der Waals surface area contributed by atoms with Gasteiger partial charge in [0.15, 0.2) is 0 Å². The topological polar surface area (TPSA) is 3.24 Å². The summed E-state index contributed by atoms with van der Waals surface area (Å²) in [4.78, 5) is 2.44. The number of para-hydroxylation sites is 1. The normalized spacial score (nSPS) is 16.2. The molecule has 11 rings (SSSR count). The first-order valence-corrected chi connectivity index (χ1v) is 20.2. The summed E-state index contributed by atoms with van der Waals surface area (Å²) in [6.45, 7) is 6.84. The lowest BCUT2D eigenvalue weighted by molar-refractivity contribution is 0.770. The Balaban J connectivity index is 1.15. The van der Waals surface area contributed by atoms with Crippen LogP contribution >= 0.6 is 0 Å². The highest BCUT2D eigenvalue weighted by Gasteiger charge is 2.52. The predicted molar refractivity (Wildman–Crippen MR) is 242 cm³/mol. The van der Waals surface area contributed by atoms with Crippen molar-refractivity contribution in [3.63, 3.8) is 0 Å². The summed E-state index contributed by atoms with van der Waals surface area (Å²) in [6, 6.07) is 72.0. The first-order chi connectivity index (χ1) is 28.7. The maximum Gasteiger partial charge on any atom is 0.0726 e. The molecule has 3 aliphatic rings. The van der Waals surface area contributed by atoms with E-state index in [4.69, 9.17) is 6.58 Å². The fraction of sp³-hybridized carbons (Fsp3) is 0.0526. The molecule has 1 spiro atoms. The van der Waals surface area contributed by atoms with Crippen LogP contribution in [0, 0.1) is 0 Å². The molecule has 1 atom stereocenters. The summed E-state index contributed by atoms with van der Waals surface area (Å²) in [5.41, 5.74) is 20.2. The van der Waals surface area contributed by atoms with Crippen molar-refractivity contribution < 1.29 is 0 Å². The molecule has 0 aliphatic heterocycles. The van der Waals surface area contributed by atoms with Gasteiger partial charge in [-0.05, 0) is 121 Å². The Hall–Kier alpha value is -7.22. The van der Waals surface area contributed by atoms with Crippen LogP contribution in [-0.2, 0) is 10.8 Å². The predicted octanol–water partition coefficient (Wildman–Crippen LogP) is 14.5. The summed E-state index contributed by atoms with van der Waals surface area (Å²) >= 11 is 0. The van der Waals surface area contributed by atoms with E-state index in [1.54, 1.807) is 0 Å². The molecule has 0 amide bonds. The largest absolute Gasteiger partial charge is 0.310 e. The highest BCUT2D eigenvalue weighted by atomic mass is 15.1. The van der Waals surface area contributed by atoms with Crippen molar-refractivity contribution in [3.8, 4) is 33.4 Å². The molecular weight excluding hydrogens is 699 g/mol. The van der Waals surface area contributed by atoms with Crippen molar-refractivity contribution in [2.24, 2.45) is 0 Å². The van der Waals surface area contributed by atoms with Gasteiger partial charge in [0.1, 0.15) is 0 Å². The lowest BCUT2D eigenvalue weighted by Gasteiger charge is -2.34. The SMILES string of the molecule is C=C(/C=C\C=C/C)C1(c2ccccc2)c2ccccc2-c2cc(N(c3ccccc3)c3ccc4c(c3)C3(c5ccccc5-c5ccccc53)c3ccccc3-4)ccc21. The van der Waals surface area contributed by atoms with Gasteiger partial charge in [-0.15, -0.1) is 0 Å². The van der Waals surface area contributed by atoms with Crippen LogP contribution in [0.4, 0.5) is 17.1 Å². The molecule has 0 fully saturated rings. The number of hydrogen-bond acceptors (Lipinski definition) is 1. The second-order valence-corrected chi connectivity index (χ2v) is 15.6. The summed E-state index contributed by atoms with van der Waals surface area (Å²) in [6.07, 6.45) is 8.43. The molecule has 0 N–H and O–H groups in total. The molecule has 0 radical (unpaired) electrons. The quantitative estimate of drug-likeness (QED) is 0.147. The first kappa shape index (κ1) is 34.1. The number of nitrogens with zero attached hydrogens (tertiary/aromatic N) is 1. The number of benzene rings is 8. The van der Waals surface area contributed by atoms with E-state index in [1.165, 1.54) is 72.3 Å². The van der Waals surface area contributed by atoms with Crippen molar-refractivity contribution >= 4 is 17.1 Å². The van der Waals surface area contributed by atoms with E-state index < -0.39 is 10.8 Å². The van der Waals surface area contributed by atoms with Crippen molar-refractivity contribution in [3.05, 3.63) is 270 Å². The van der Waals surface area contributed by atoms with E-state index in [0.29, 0.717) is 0 Å². The average Bonchev–Trinajstić information content (AvgIpc) is 3.87. The van der Waals surface area contributed by atoms with Gasteiger partial charge in [-0.2, -0.15) is 0 Å². The van der Waals surface area contributed by atoms with E-state index in [9.17, 15) is 0 Å². The van der Waals surface area contributed by atoms with Gasteiger partial charge in [-0.25, -0.2) is 0 Å². The number of hydrogen-bond donors (Lipinski definition) is 0. The fourth-order valence-corrected chi connectivity index (χ4v) is 10.6. The molecule has 0 saturated heterocycles. The van der Waals surface area contributed by atoms with Crippen LogP contribution < -0.4 is 4.90 Å². The Morgan fingerprint density at radius 2 is 0.879 bits per heavy atom. The Kier molecular flexibility index (Phi) is 7.74. The Morgan fingerprint density at radius 3 is 1.48 bits per heavy atom. The molecule has 8 aromatic rings. The molecule has 58 heavy (non-hydrogen) atoms. The number of allylic oxidation sites excluding steroid dienone is 5. The Bertz CT molecular complexity index is 2920. The van der Waals surface area contributed by atoms with E-state index in [-0.39, 0.29) is 0 Å². The molecule has 0 saturated carbocycles. The summed E-state index contributed by atoms with van der Waals surface area (Å²) in [7, 11) is 0. The molecule has 3 aliphatic carbocycles. The molecule has 1 nitrogen and oxygen atoms in total. The van der Waals surface area contributed by atoms with Crippen LogP contribution in [-0.4, -0.2) is 0 Å². The minimum absolute atomic E-state index is 0.426. The smallest absolute Gasteiger partial charge is 0.0726 e. The maximum absolute atomic E-state index is 4.79. The van der Waals surface area contributed by atoms with Crippen LogP contribution in [0.3, 0.4) is 0 Å². The molecule has 274 valence electrons. The van der Waals surface area contributed by atoms with Crippen molar-refractivity contribution in [2.45, 2.75) is 17.8 Å². The fourth-order valence-electron chi connectivity index (χ4n) is 10.6. The van der Waals surface area contributed by atoms with E-state index in [0.717, 1.165) is 22.6 Å². The van der Waals surface area contributed by atoms with Gasteiger partial charge in [0.05, 0.1) is 10.8 Å². The number of rotatable bonds is 7. The monoisotopic (exact) mass is 739 g/mol. The second-order valence-electron chi connectivity index (χ2n) is 15.6. The van der Waals surface area contributed by atoms with E-state index in [2.05, 4.69) is 223 Å². The zero-order valence-electron chi connectivity index (χ0n) is 32.4. The molecule has 8 aromatic carbocycles. The lowest BCUT2D eigenvalue weighted by atomic mass is 9.67. The first-order valence-electron chi connectivity index (χ1n) is 20.2. The summed E-state index contributed by atoms with van der Waals surface area (Å²) in [5.74, 6) is 0. The zero-order chi connectivity index (χ0) is 38.8. The van der Waals surface area contributed by atoms with E-state index >= 15 is 0 Å². The van der Waals surface area contributed by atoms with E-state index in [1.807, 2.05) is 6.92 Å². The lowest BCUT2D eigenvalue weighted by Crippen LogP contribution is -2.28. The van der Waals surface area contributed by atoms with Crippen molar-refractivity contribution in [1.29, 1.82) is 0 Å². The van der Waals surface area contributed by atoms with Gasteiger partial charge in [0.2, 0.25) is 0 Å². The zero-order valence-corrected chi connectivity index (χ0v) is 32.4. The van der Waals surface area contributed by atoms with Gasteiger partial charge in [-0.3, -0.25) is 0 Å². The molecule has 1 unspecified atom stereocenters. The third-order valence-corrected chi connectivity index (χ3v) is 12.8. The van der Waals surface area contributed by atoms with Crippen LogP contribution in [0.15, 0.2) is 231 Å². The van der Waals surface area contributed by atoms with Crippen LogP contribution in [0.2, 0.25) is 0 Å². The molecule has 0 bridgehead atoms. The van der Waals surface area contributed by atoms with Crippen LogP contribution in [0.25, 0.3) is 33.4 Å². The average molecular weight is 740 g/mol. The second kappa shape index (κ2) is 13.2. The minimum atomic E-state index is -0.545. The summed E-state index contributed by atoms with van der Waals surface area (Å²) in [5, 5.41) is 0. The molecule has 1 heteroatoms. The number of anilines is 3. The highest BCUT2D eigenvalue weighted by Crippen LogP contribution is 2.63. The van der Waals surface area contributed by atoms with Gasteiger partial charge in [-0.1, -0.05) is 189 Å². The molecular formula is C57H41N. The Morgan fingerprint density at radius 1 is 0.414 bits per heavy atom. The minimum Gasteiger partial charge on any atom is -0.310 e.